The standard InChI is InChI=1S/C17H15N3O2S/c21-16(19-7-5-15-12(9-19)6-8-23-15)10-20-11-18-14-4-2-1-3-13(14)17(20)22/h1-4,6,8,11H,5,7,9-10H2. The Hall–Kier alpha value is -2.47. The summed E-state index contributed by atoms with van der Waals surface area (Å²) in [6, 6.07) is 9.26. The van der Waals surface area contributed by atoms with E-state index in [1.165, 1.54) is 21.3 Å². The molecule has 23 heavy (non-hydrogen) atoms. The molecule has 1 aromatic carbocycles. The molecule has 0 aliphatic carbocycles. The van der Waals surface area contributed by atoms with Crippen LogP contribution >= 0.6 is 11.3 Å². The Kier molecular flexibility index (Phi) is 3.46. The van der Waals surface area contributed by atoms with Gasteiger partial charge >= 0.3 is 0 Å². The zero-order valence-corrected chi connectivity index (χ0v) is 13.3. The lowest BCUT2D eigenvalue weighted by Gasteiger charge is -2.27. The molecular formula is C17H15N3O2S. The van der Waals surface area contributed by atoms with Crippen LogP contribution in [0.1, 0.15) is 10.4 Å². The number of carbonyl (C=O) groups is 1. The predicted molar refractivity (Wildman–Crippen MR) is 89.4 cm³/mol. The number of carbonyl (C=O) groups excluding carboxylic acids is 1. The van der Waals surface area contributed by atoms with Crippen LogP contribution in [0.15, 0.2) is 46.8 Å². The fraction of sp³-hybridized carbons (Fsp3) is 0.235. The van der Waals surface area contributed by atoms with E-state index < -0.39 is 0 Å². The number of amides is 1. The molecule has 3 aromatic rings. The van der Waals surface area contributed by atoms with Crippen LogP contribution < -0.4 is 5.56 Å². The second-order valence-corrected chi connectivity index (χ2v) is 6.63. The molecule has 0 saturated heterocycles. The SMILES string of the molecule is O=C(Cn1cnc2ccccc2c1=O)N1CCc2sccc2C1. The first-order valence-electron chi connectivity index (χ1n) is 7.49. The minimum Gasteiger partial charge on any atom is -0.336 e. The maximum Gasteiger partial charge on any atom is 0.261 e. The first kappa shape index (κ1) is 14.1. The van der Waals surface area contributed by atoms with Gasteiger partial charge in [0.05, 0.1) is 17.2 Å². The largest absolute Gasteiger partial charge is 0.336 e. The summed E-state index contributed by atoms with van der Waals surface area (Å²) < 4.78 is 1.40. The molecule has 2 aromatic heterocycles. The summed E-state index contributed by atoms with van der Waals surface area (Å²) in [5.41, 5.74) is 1.71. The van der Waals surface area contributed by atoms with E-state index in [0.717, 1.165) is 6.42 Å². The van der Waals surface area contributed by atoms with Crippen molar-refractivity contribution in [1.29, 1.82) is 0 Å². The van der Waals surface area contributed by atoms with E-state index in [-0.39, 0.29) is 18.0 Å². The van der Waals surface area contributed by atoms with Gasteiger partial charge in [-0.3, -0.25) is 14.2 Å². The third kappa shape index (κ3) is 2.55. The van der Waals surface area contributed by atoms with E-state index >= 15 is 0 Å². The highest BCUT2D eigenvalue weighted by Crippen LogP contribution is 2.24. The Morgan fingerprint density at radius 1 is 1.26 bits per heavy atom. The van der Waals surface area contributed by atoms with Crippen molar-refractivity contribution in [1.82, 2.24) is 14.5 Å². The first-order chi connectivity index (χ1) is 11.2. The normalized spacial score (nSPS) is 14.0. The van der Waals surface area contributed by atoms with E-state index in [1.54, 1.807) is 29.5 Å². The van der Waals surface area contributed by atoms with Gasteiger partial charge in [0.25, 0.3) is 5.56 Å². The summed E-state index contributed by atoms with van der Waals surface area (Å²) in [5, 5.41) is 2.61. The van der Waals surface area contributed by atoms with Crippen molar-refractivity contribution in [3.8, 4) is 0 Å². The van der Waals surface area contributed by atoms with E-state index in [9.17, 15) is 9.59 Å². The Balaban J connectivity index is 1.58. The minimum absolute atomic E-state index is 0.0378. The van der Waals surface area contributed by atoms with Gasteiger partial charge in [-0.1, -0.05) is 12.1 Å². The lowest BCUT2D eigenvalue weighted by Crippen LogP contribution is -2.39. The van der Waals surface area contributed by atoms with Gasteiger partial charge < -0.3 is 4.90 Å². The van der Waals surface area contributed by atoms with Gasteiger partial charge in [-0.25, -0.2) is 4.98 Å². The van der Waals surface area contributed by atoms with Crippen molar-refractivity contribution >= 4 is 28.1 Å². The summed E-state index contributed by atoms with van der Waals surface area (Å²) in [5.74, 6) is -0.0407. The van der Waals surface area contributed by atoms with Crippen molar-refractivity contribution in [3.05, 3.63) is 62.8 Å². The topological polar surface area (TPSA) is 55.2 Å². The van der Waals surface area contributed by atoms with Gasteiger partial charge in [0.1, 0.15) is 6.54 Å². The molecule has 0 bridgehead atoms. The lowest BCUT2D eigenvalue weighted by molar-refractivity contribution is -0.132. The van der Waals surface area contributed by atoms with Crippen LogP contribution in [-0.4, -0.2) is 26.9 Å². The molecule has 3 heterocycles. The molecule has 6 heteroatoms. The molecule has 0 radical (unpaired) electrons. The highest BCUT2D eigenvalue weighted by Gasteiger charge is 2.22. The van der Waals surface area contributed by atoms with Crippen LogP contribution in [0.2, 0.25) is 0 Å². The number of hydrogen-bond donors (Lipinski definition) is 0. The third-order valence-electron chi connectivity index (χ3n) is 4.20. The van der Waals surface area contributed by atoms with Crippen molar-refractivity contribution in [2.24, 2.45) is 0 Å². The maximum atomic E-state index is 12.5. The predicted octanol–water partition coefficient (Wildman–Crippen LogP) is 2.04. The zero-order chi connectivity index (χ0) is 15.8. The molecule has 0 N–H and O–H groups in total. The number of para-hydroxylation sites is 1. The summed E-state index contributed by atoms with van der Waals surface area (Å²) >= 11 is 1.74. The number of thiophene rings is 1. The molecule has 5 nitrogen and oxygen atoms in total. The molecular weight excluding hydrogens is 310 g/mol. The maximum absolute atomic E-state index is 12.5. The minimum atomic E-state index is -0.169. The van der Waals surface area contributed by atoms with Crippen LogP contribution in [0, 0.1) is 0 Å². The second kappa shape index (κ2) is 5.62. The van der Waals surface area contributed by atoms with Crippen molar-refractivity contribution < 1.29 is 4.79 Å². The molecule has 116 valence electrons. The van der Waals surface area contributed by atoms with Gasteiger partial charge in [0, 0.05) is 18.0 Å². The highest BCUT2D eigenvalue weighted by atomic mass is 32.1. The molecule has 1 amide bonds. The molecule has 1 aliphatic heterocycles. The van der Waals surface area contributed by atoms with Gasteiger partial charge in [0.2, 0.25) is 5.91 Å². The molecule has 0 fully saturated rings. The number of rotatable bonds is 2. The molecule has 4 rings (SSSR count). The van der Waals surface area contributed by atoms with Crippen LogP contribution in [0.5, 0.6) is 0 Å². The van der Waals surface area contributed by atoms with E-state index in [1.807, 2.05) is 11.0 Å². The average Bonchev–Trinajstić information content (AvgIpc) is 3.05. The fourth-order valence-electron chi connectivity index (χ4n) is 2.93. The van der Waals surface area contributed by atoms with Crippen LogP contribution in [0.3, 0.4) is 0 Å². The Labute approximate surface area is 136 Å². The Morgan fingerprint density at radius 3 is 3.04 bits per heavy atom. The number of hydrogen-bond acceptors (Lipinski definition) is 4. The fourth-order valence-corrected chi connectivity index (χ4v) is 3.82. The lowest BCUT2D eigenvalue weighted by atomic mass is 10.1. The van der Waals surface area contributed by atoms with Crippen LogP contribution in [0.25, 0.3) is 10.9 Å². The molecule has 0 saturated carbocycles. The number of benzene rings is 1. The van der Waals surface area contributed by atoms with Gasteiger partial charge in [-0.2, -0.15) is 0 Å². The summed E-state index contributed by atoms with van der Waals surface area (Å²) in [7, 11) is 0. The average molecular weight is 325 g/mol. The smallest absolute Gasteiger partial charge is 0.261 e. The third-order valence-corrected chi connectivity index (χ3v) is 5.22. The summed E-state index contributed by atoms with van der Waals surface area (Å²) in [6.45, 7) is 1.38. The number of aromatic nitrogens is 2. The first-order valence-corrected chi connectivity index (χ1v) is 8.37. The second-order valence-electron chi connectivity index (χ2n) is 5.63. The Morgan fingerprint density at radius 2 is 2.13 bits per heavy atom. The number of fused-ring (bicyclic) bond motifs is 2. The monoisotopic (exact) mass is 325 g/mol. The van der Waals surface area contributed by atoms with E-state index in [0.29, 0.717) is 24.0 Å². The molecule has 0 unspecified atom stereocenters. The van der Waals surface area contributed by atoms with Gasteiger partial charge in [-0.05, 0) is 35.6 Å². The van der Waals surface area contributed by atoms with Crippen LogP contribution in [-0.2, 0) is 24.3 Å². The molecule has 1 aliphatic rings. The zero-order valence-electron chi connectivity index (χ0n) is 12.4. The van der Waals surface area contributed by atoms with Crippen LogP contribution in [0.4, 0.5) is 0 Å². The van der Waals surface area contributed by atoms with E-state index in [4.69, 9.17) is 0 Å². The van der Waals surface area contributed by atoms with Gasteiger partial charge in [-0.15, -0.1) is 11.3 Å². The van der Waals surface area contributed by atoms with Crippen molar-refractivity contribution in [2.75, 3.05) is 6.54 Å². The van der Waals surface area contributed by atoms with Gasteiger partial charge in [0.15, 0.2) is 0 Å². The highest BCUT2D eigenvalue weighted by molar-refractivity contribution is 7.10. The van der Waals surface area contributed by atoms with Crippen molar-refractivity contribution in [2.45, 2.75) is 19.5 Å². The Bertz CT molecular complexity index is 944. The summed E-state index contributed by atoms with van der Waals surface area (Å²) in [6.07, 6.45) is 2.35. The molecule has 0 spiro atoms. The summed E-state index contributed by atoms with van der Waals surface area (Å²) in [4.78, 5) is 32.4. The number of nitrogens with zero attached hydrogens (tertiary/aromatic N) is 3. The quantitative estimate of drug-likeness (QED) is 0.724. The van der Waals surface area contributed by atoms with E-state index in [2.05, 4.69) is 16.4 Å². The molecule has 0 atom stereocenters. The van der Waals surface area contributed by atoms with Crippen molar-refractivity contribution in [3.63, 3.8) is 0 Å².